The van der Waals surface area contributed by atoms with E-state index in [1.807, 2.05) is 20.2 Å². The van der Waals surface area contributed by atoms with Gasteiger partial charge in [-0.2, -0.15) is 5.10 Å². The predicted molar refractivity (Wildman–Crippen MR) is 51.8 cm³/mol. The molecule has 2 rings (SSSR count). The van der Waals surface area contributed by atoms with E-state index in [9.17, 15) is 5.11 Å². The highest BCUT2D eigenvalue weighted by Crippen LogP contribution is 2.42. The number of rotatable bonds is 3. The van der Waals surface area contributed by atoms with Crippen molar-refractivity contribution in [1.29, 1.82) is 0 Å². The van der Waals surface area contributed by atoms with Crippen molar-refractivity contribution in [2.24, 2.45) is 7.05 Å². The fourth-order valence-corrected chi connectivity index (χ4v) is 1.94. The molecule has 0 spiro atoms. The maximum Gasteiger partial charge on any atom is 0.0976 e. The van der Waals surface area contributed by atoms with E-state index in [2.05, 4.69) is 5.10 Å². The lowest BCUT2D eigenvalue weighted by Crippen LogP contribution is -2.45. The van der Waals surface area contributed by atoms with E-state index < -0.39 is 5.60 Å². The first-order valence-corrected chi connectivity index (χ1v) is 4.97. The van der Waals surface area contributed by atoms with Gasteiger partial charge in [-0.3, -0.25) is 4.68 Å². The smallest absolute Gasteiger partial charge is 0.0976 e. The molecule has 0 radical (unpaired) electrons. The molecule has 14 heavy (non-hydrogen) atoms. The summed E-state index contributed by atoms with van der Waals surface area (Å²) in [5, 5.41) is 14.2. The molecule has 1 N–H and O–H groups in total. The molecule has 0 unspecified atom stereocenters. The minimum atomic E-state index is -0.700. The zero-order valence-corrected chi connectivity index (χ0v) is 8.60. The number of hydrogen-bond donors (Lipinski definition) is 1. The Morgan fingerprint density at radius 2 is 2.43 bits per heavy atom. The summed E-state index contributed by atoms with van der Waals surface area (Å²) in [6, 6.07) is 0. The van der Waals surface area contributed by atoms with Crippen molar-refractivity contribution in [3.63, 3.8) is 0 Å². The number of ether oxygens (including phenoxy) is 1. The monoisotopic (exact) mass is 196 g/mol. The van der Waals surface area contributed by atoms with Gasteiger partial charge in [0.25, 0.3) is 0 Å². The van der Waals surface area contributed by atoms with Crippen molar-refractivity contribution in [2.45, 2.75) is 31.5 Å². The van der Waals surface area contributed by atoms with Crippen LogP contribution in [-0.2, 0) is 17.4 Å². The first kappa shape index (κ1) is 9.68. The zero-order chi connectivity index (χ0) is 10.2. The highest BCUT2D eigenvalue weighted by Gasteiger charge is 2.45. The number of aliphatic hydroxyl groups is 1. The Bertz CT molecular complexity index is 316. The number of aryl methyl sites for hydroxylation is 1. The van der Waals surface area contributed by atoms with E-state index in [1.54, 1.807) is 10.9 Å². The maximum absolute atomic E-state index is 10.2. The van der Waals surface area contributed by atoms with Gasteiger partial charge < -0.3 is 9.84 Å². The summed E-state index contributed by atoms with van der Waals surface area (Å²) in [6.07, 6.45) is 5.17. The summed E-state index contributed by atoms with van der Waals surface area (Å²) in [5.41, 5.74) is 0.199. The van der Waals surface area contributed by atoms with E-state index in [0.717, 1.165) is 5.56 Å². The highest BCUT2D eigenvalue weighted by atomic mass is 16.5. The molecule has 1 fully saturated rings. The molecule has 0 amide bonds. The third kappa shape index (κ3) is 1.55. The lowest BCUT2D eigenvalue weighted by Gasteiger charge is -2.42. The summed E-state index contributed by atoms with van der Waals surface area (Å²) in [5.74, 6) is 0. The Kier molecular flexibility index (Phi) is 2.33. The van der Waals surface area contributed by atoms with Crippen LogP contribution >= 0.6 is 0 Å². The van der Waals surface area contributed by atoms with Crippen molar-refractivity contribution in [2.75, 3.05) is 6.61 Å². The van der Waals surface area contributed by atoms with Gasteiger partial charge in [-0.05, 0) is 6.92 Å². The van der Waals surface area contributed by atoms with Crippen molar-refractivity contribution in [3.8, 4) is 0 Å². The first-order valence-electron chi connectivity index (χ1n) is 4.97. The van der Waals surface area contributed by atoms with E-state index >= 15 is 0 Å². The molecule has 1 aliphatic rings. The number of hydrogen-bond acceptors (Lipinski definition) is 3. The predicted octanol–water partition coefficient (Wildman–Crippen LogP) is 0.807. The molecule has 1 aromatic rings. The Morgan fingerprint density at radius 3 is 2.93 bits per heavy atom. The number of nitrogens with zero attached hydrogens (tertiary/aromatic N) is 2. The van der Waals surface area contributed by atoms with Gasteiger partial charge in [-0.1, -0.05) is 0 Å². The summed E-state index contributed by atoms with van der Waals surface area (Å²) in [4.78, 5) is 0. The van der Waals surface area contributed by atoms with Gasteiger partial charge >= 0.3 is 0 Å². The van der Waals surface area contributed by atoms with Crippen molar-refractivity contribution in [1.82, 2.24) is 9.78 Å². The van der Waals surface area contributed by atoms with Crippen molar-refractivity contribution in [3.05, 3.63) is 18.0 Å². The SMILES string of the molecule is CCOC1CC(O)(c2cnn(C)c2)C1. The van der Waals surface area contributed by atoms with Gasteiger partial charge in [0.2, 0.25) is 0 Å². The molecule has 1 aromatic heterocycles. The summed E-state index contributed by atoms with van der Waals surface area (Å²) >= 11 is 0. The Balaban J connectivity index is 2.00. The summed E-state index contributed by atoms with van der Waals surface area (Å²) in [7, 11) is 1.85. The van der Waals surface area contributed by atoms with E-state index in [1.165, 1.54) is 0 Å². The van der Waals surface area contributed by atoms with Crippen LogP contribution in [0.1, 0.15) is 25.3 Å². The van der Waals surface area contributed by atoms with Crippen molar-refractivity contribution < 1.29 is 9.84 Å². The van der Waals surface area contributed by atoms with Gasteiger partial charge in [-0.25, -0.2) is 0 Å². The van der Waals surface area contributed by atoms with Gasteiger partial charge in [0.15, 0.2) is 0 Å². The average molecular weight is 196 g/mol. The van der Waals surface area contributed by atoms with Crippen LogP contribution in [0.15, 0.2) is 12.4 Å². The molecule has 0 saturated heterocycles. The lowest BCUT2D eigenvalue weighted by atomic mass is 9.74. The first-order chi connectivity index (χ1) is 6.64. The zero-order valence-electron chi connectivity index (χ0n) is 8.60. The molecule has 78 valence electrons. The molecule has 1 saturated carbocycles. The Labute approximate surface area is 83.5 Å². The number of aromatic nitrogens is 2. The molecular formula is C10H16N2O2. The molecule has 0 bridgehead atoms. The maximum atomic E-state index is 10.2. The standard InChI is InChI=1S/C10H16N2O2/c1-3-14-9-4-10(13,5-9)8-6-11-12(2)7-8/h6-7,9,13H,3-5H2,1-2H3. The molecule has 0 aliphatic heterocycles. The van der Waals surface area contributed by atoms with Crippen LogP contribution in [0.25, 0.3) is 0 Å². The summed E-state index contributed by atoms with van der Waals surface area (Å²) < 4.78 is 7.12. The minimum absolute atomic E-state index is 0.213. The largest absolute Gasteiger partial charge is 0.385 e. The van der Waals surface area contributed by atoms with Crippen LogP contribution in [0.3, 0.4) is 0 Å². The van der Waals surface area contributed by atoms with Gasteiger partial charge in [0, 0.05) is 38.3 Å². The molecule has 0 aromatic carbocycles. The molecule has 1 aliphatic carbocycles. The van der Waals surface area contributed by atoms with Crippen LogP contribution in [0.5, 0.6) is 0 Å². The third-order valence-corrected chi connectivity index (χ3v) is 2.78. The second kappa shape index (κ2) is 3.37. The summed E-state index contributed by atoms with van der Waals surface area (Å²) in [6.45, 7) is 2.69. The second-order valence-electron chi connectivity index (χ2n) is 3.92. The van der Waals surface area contributed by atoms with E-state index in [-0.39, 0.29) is 6.10 Å². The highest BCUT2D eigenvalue weighted by molar-refractivity contribution is 5.20. The van der Waals surface area contributed by atoms with Gasteiger partial charge in [0.1, 0.15) is 0 Å². The van der Waals surface area contributed by atoms with E-state index in [4.69, 9.17) is 4.74 Å². The average Bonchev–Trinajstić information content (AvgIpc) is 2.49. The molecule has 4 heteroatoms. The minimum Gasteiger partial charge on any atom is -0.385 e. The Hall–Kier alpha value is -0.870. The molecular weight excluding hydrogens is 180 g/mol. The van der Waals surface area contributed by atoms with E-state index in [0.29, 0.717) is 19.4 Å². The third-order valence-electron chi connectivity index (χ3n) is 2.78. The molecule has 0 atom stereocenters. The second-order valence-corrected chi connectivity index (χ2v) is 3.92. The molecule has 1 heterocycles. The van der Waals surface area contributed by atoms with Crippen LogP contribution in [-0.4, -0.2) is 27.6 Å². The van der Waals surface area contributed by atoms with Gasteiger partial charge in [-0.15, -0.1) is 0 Å². The molecule has 4 nitrogen and oxygen atoms in total. The topological polar surface area (TPSA) is 47.3 Å². The van der Waals surface area contributed by atoms with Crippen LogP contribution in [0, 0.1) is 0 Å². The van der Waals surface area contributed by atoms with Crippen LogP contribution in [0.2, 0.25) is 0 Å². The fraction of sp³-hybridized carbons (Fsp3) is 0.700. The fourth-order valence-electron chi connectivity index (χ4n) is 1.94. The normalized spacial score (nSPS) is 31.5. The van der Waals surface area contributed by atoms with Crippen molar-refractivity contribution >= 4 is 0 Å². The lowest BCUT2D eigenvalue weighted by molar-refractivity contribution is -0.142. The van der Waals surface area contributed by atoms with Gasteiger partial charge in [0.05, 0.1) is 17.9 Å². The van der Waals surface area contributed by atoms with Crippen LogP contribution < -0.4 is 0 Å². The Morgan fingerprint density at radius 1 is 1.71 bits per heavy atom. The quantitative estimate of drug-likeness (QED) is 0.778. The van der Waals surface area contributed by atoms with Crippen LogP contribution in [0.4, 0.5) is 0 Å².